The number of thioether (sulfide) groups is 1. The molecule has 1 atom stereocenters. The van der Waals surface area contributed by atoms with Gasteiger partial charge < -0.3 is 9.88 Å². The second-order valence-corrected chi connectivity index (χ2v) is 5.58. The number of rotatable bonds is 6. The molecule has 1 N–H and O–H groups in total. The lowest BCUT2D eigenvalue weighted by Gasteiger charge is -2.12. The fourth-order valence-corrected chi connectivity index (χ4v) is 2.40. The molecule has 1 amide bonds. The van der Waals surface area contributed by atoms with E-state index in [2.05, 4.69) is 29.4 Å². The van der Waals surface area contributed by atoms with Crippen LogP contribution in [0.5, 0.6) is 0 Å². The molecule has 0 radical (unpaired) electrons. The van der Waals surface area contributed by atoms with Crippen LogP contribution in [-0.2, 0) is 18.4 Å². The monoisotopic (exact) mass is 270 g/mol. The maximum Gasteiger partial charge on any atom is 0.233 e. The van der Waals surface area contributed by atoms with Gasteiger partial charge in [0.05, 0.1) is 11.8 Å². The molecular formula is C12H22N4OS. The van der Waals surface area contributed by atoms with Gasteiger partial charge in [-0.25, -0.2) is 0 Å². The highest BCUT2D eigenvalue weighted by Crippen LogP contribution is 2.12. The molecule has 1 rings (SSSR count). The molecular weight excluding hydrogens is 248 g/mol. The summed E-state index contributed by atoms with van der Waals surface area (Å²) < 4.78 is 1.95. The Morgan fingerprint density at radius 3 is 2.56 bits per heavy atom. The average Bonchev–Trinajstić information content (AvgIpc) is 2.69. The number of hydrogen-bond acceptors (Lipinski definition) is 4. The number of hydrogen-bond donors (Lipinski definition) is 1. The predicted molar refractivity (Wildman–Crippen MR) is 74.5 cm³/mol. The lowest BCUT2D eigenvalue weighted by molar-refractivity contribution is -0.120. The predicted octanol–water partition coefficient (Wildman–Crippen LogP) is 1.70. The van der Waals surface area contributed by atoms with Crippen molar-refractivity contribution in [3.63, 3.8) is 0 Å². The third-order valence-corrected chi connectivity index (χ3v) is 4.00. The SMILES string of the molecule is CC[C@@H](SC)C(=O)NCc1nnc(C(C)C)n1C. The molecule has 0 aliphatic rings. The Kier molecular flexibility index (Phi) is 5.65. The van der Waals surface area contributed by atoms with E-state index in [1.54, 1.807) is 11.8 Å². The van der Waals surface area contributed by atoms with Crippen LogP contribution in [0.2, 0.25) is 0 Å². The van der Waals surface area contributed by atoms with Gasteiger partial charge in [0.15, 0.2) is 5.82 Å². The van der Waals surface area contributed by atoms with E-state index in [0.717, 1.165) is 18.1 Å². The molecule has 18 heavy (non-hydrogen) atoms. The van der Waals surface area contributed by atoms with Gasteiger partial charge in [-0.1, -0.05) is 20.8 Å². The van der Waals surface area contributed by atoms with Crippen molar-refractivity contribution in [1.29, 1.82) is 0 Å². The lowest BCUT2D eigenvalue weighted by Crippen LogP contribution is -2.32. The Balaban J connectivity index is 2.61. The van der Waals surface area contributed by atoms with E-state index < -0.39 is 0 Å². The summed E-state index contributed by atoms with van der Waals surface area (Å²) in [5.74, 6) is 2.14. The number of carbonyl (C=O) groups is 1. The van der Waals surface area contributed by atoms with E-state index in [1.165, 1.54) is 0 Å². The van der Waals surface area contributed by atoms with Crippen molar-refractivity contribution in [2.24, 2.45) is 7.05 Å². The number of amides is 1. The molecule has 5 nitrogen and oxygen atoms in total. The summed E-state index contributed by atoms with van der Waals surface area (Å²) in [6, 6.07) is 0. The summed E-state index contributed by atoms with van der Waals surface area (Å²) in [4.78, 5) is 11.8. The first-order valence-corrected chi connectivity index (χ1v) is 7.48. The van der Waals surface area contributed by atoms with Gasteiger partial charge in [-0.15, -0.1) is 10.2 Å². The largest absolute Gasteiger partial charge is 0.348 e. The van der Waals surface area contributed by atoms with Crippen LogP contribution < -0.4 is 5.32 Å². The minimum atomic E-state index is 0.0165. The van der Waals surface area contributed by atoms with Crippen LogP contribution in [0.4, 0.5) is 0 Å². The standard InChI is InChI=1S/C12H22N4OS/c1-6-9(18-5)12(17)13-7-10-14-15-11(8(2)3)16(10)4/h8-9H,6-7H2,1-5H3,(H,13,17)/t9-/m1/s1. The maximum absolute atomic E-state index is 11.8. The summed E-state index contributed by atoms with van der Waals surface area (Å²) in [5, 5.41) is 11.2. The minimum Gasteiger partial charge on any atom is -0.348 e. The smallest absolute Gasteiger partial charge is 0.233 e. The summed E-state index contributed by atoms with van der Waals surface area (Å²) in [6.07, 6.45) is 2.79. The van der Waals surface area contributed by atoms with Crippen molar-refractivity contribution >= 4 is 17.7 Å². The highest BCUT2D eigenvalue weighted by Gasteiger charge is 2.16. The molecule has 6 heteroatoms. The van der Waals surface area contributed by atoms with Gasteiger partial charge in [-0.2, -0.15) is 11.8 Å². The Bertz CT molecular complexity index is 399. The summed E-state index contributed by atoms with van der Waals surface area (Å²) in [6.45, 7) is 6.60. The topological polar surface area (TPSA) is 59.8 Å². The van der Waals surface area contributed by atoms with Crippen LogP contribution in [0, 0.1) is 0 Å². The Hall–Kier alpha value is -1.04. The van der Waals surface area contributed by atoms with E-state index >= 15 is 0 Å². The summed E-state index contributed by atoms with van der Waals surface area (Å²) in [5.41, 5.74) is 0. The quantitative estimate of drug-likeness (QED) is 0.854. The zero-order chi connectivity index (χ0) is 13.7. The van der Waals surface area contributed by atoms with E-state index in [1.807, 2.05) is 24.8 Å². The molecule has 102 valence electrons. The van der Waals surface area contributed by atoms with Crippen LogP contribution in [0.15, 0.2) is 0 Å². The highest BCUT2D eigenvalue weighted by atomic mass is 32.2. The van der Waals surface area contributed by atoms with E-state index in [0.29, 0.717) is 12.5 Å². The average molecular weight is 270 g/mol. The van der Waals surface area contributed by atoms with Gasteiger partial charge in [0.2, 0.25) is 5.91 Å². The molecule has 0 aliphatic heterocycles. The third kappa shape index (κ3) is 3.48. The molecule has 0 saturated heterocycles. The molecule has 1 aromatic rings. The van der Waals surface area contributed by atoms with Crippen LogP contribution in [0.25, 0.3) is 0 Å². The first-order chi connectivity index (χ1) is 8.51. The summed E-state index contributed by atoms with van der Waals surface area (Å²) >= 11 is 1.57. The summed E-state index contributed by atoms with van der Waals surface area (Å²) in [7, 11) is 1.93. The first-order valence-electron chi connectivity index (χ1n) is 6.19. The van der Waals surface area contributed by atoms with Crippen molar-refractivity contribution in [2.75, 3.05) is 6.26 Å². The van der Waals surface area contributed by atoms with Crippen LogP contribution in [0.1, 0.15) is 44.8 Å². The molecule has 0 aromatic carbocycles. The number of nitrogens with zero attached hydrogens (tertiary/aromatic N) is 3. The molecule has 1 heterocycles. The molecule has 0 spiro atoms. The first kappa shape index (κ1) is 15.0. The van der Waals surface area contributed by atoms with Crippen molar-refractivity contribution in [2.45, 2.75) is 44.9 Å². The van der Waals surface area contributed by atoms with E-state index in [9.17, 15) is 4.79 Å². The molecule has 0 bridgehead atoms. The Morgan fingerprint density at radius 1 is 1.44 bits per heavy atom. The van der Waals surface area contributed by atoms with Gasteiger partial charge in [-0.05, 0) is 12.7 Å². The molecule has 0 aliphatic carbocycles. The van der Waals surface area contributed by atoms with E-state index in [4.69, 9.17) is 0 Å². The molecule has 1 aromatic heterocycles. The number of carbonyl (C=O) groups excluding carboxylic acids is 1. The second-order valence-electron chi connectivity index (χ2n) is 4.54. The van der Waals surface area contributed by atoms with Gasteiger partial charge in [0.25, 0.3) is 0 Å². The maximum atomic E-state index is 11.8. The zero-order valence-electron chi connectivity index (χ0n) is 11.7. The van der Waals surface area contributed by atoms with Crippen LogP contribution in [-0.4, -0.2) is 32.2 Å². The Labute approximate surface area is 113 Å². The second kappa shape index (κ2) is 6.78. The van der Waals surface area contributed by atoms with Gasteiger partial charge in [0, 0.05) is 13.0 Å². The van der Waals surface area contributed by atoms with E-state index in [-0.39, 0.29) is 11.2 Å². The van der Waals surface area contributed by atoms with Crippen molar-refractivity contribution in [3.8, 4) is 0 Å². The fourth-order valence-electron chi connectivity index (χ4n) is 1.77. The minimum absolute atomic E-state index is 0.0165. The normalized spacial score (nSPS) is 12.8. The van der Waals surface area contributed by atoms with Gasteiger partial charge in [-0.3, -0.25) is 4.79 Å². The number of nitrogens with one attached hydrogen (secondary N) is 1. The lowest BCUT2D eigenvalue weighted by atomic mass is 10.2. The van der Waals surface area contributed by atoms with Crippen molar-refractivity contribution < 1.29 is 4.79 Å². The third-order valence-electron chi connectivity index (χ3n) is 2.88. The van der Waals surface area contributed by atoms with Crippen molar-refractivity contribution in [1.82, 2.24) is 20.1 Å². The Morgan fingerprint density at radius 2 is 2.11 bits per heavy atom. The number of aromatic nitrogens is 3. The van der Waals surface area contributed by atoms with Gasteiger partial charge in [0.1, 0.15) is 5.82 Å². The molecule has 0 saturated carbocycles. The van der Waals surface area contributed by atoms with Crippen molar-refractivity contribution in [3.05, 3.63) is 11.6 Å². The van der Waals surface area contributed by atoms with Crippen LogP contribution >= 0.6 is 11.8 Å². The zero-order valence-corrected chi connectivity index (χ0v) is 12.5. The van der Waals surface area contributed by atoms with Gasteiger partial charge >= 0.3 is 0 Å². The van der Waals surface area contributed by atoms with Crippen LogP contribution in [0.3, 0.4) is 0 Å². The molecule has 0 fully saturated rings. The molecule has 0 unspecified atom stereocenters. The highest BCUT2D eigenvalue weighted by molar-refractivity contribution is 7.99. The fraction of sp³-hybridized carbons (Fsp3) is 0.750.